The van der Waals surface area contributed by atoms with Gasteiger partial charge in [-0.05, 0) is 56.7 Å². The molecule has 1 saturated heterocycles. The lowest BCUT2D eigenvalue weighted by molar-refractivity contribution is -0.125. The van der Waals surface area contributed by atoms with Crippen LogP contribution >= 0.6 is 0 Å². The van der Waals surface area contributed by atoms with Crippen molar-refractivity contribution in [1.82, 2.24) is 15.3 Å². The van der Waals surface area contributed by atoms with Crippen LogP contribution in [0.1, 0.15) is 41.9 Å². The van der Waals surface area contributed by atoms with Gasteiger partial charge in [0.05, 0.1) is 0 Å². The Hall–Kier alpha value is -2.50. The van der Waals surface area contributed by atoms with Gasteiger partial charge in [0.25, 0.3) is 0 Å². The lowest BCUT2D eigenvalue weighted by Gasteiger charge is -2.33. The van der Waals surface area contributed by atoms with Crippen molar-refractivity contribution in [2.75, 3.05) is 18.0 Å². The first-order chi connectivity index (χ1) is 13.1. The third-order valence-corrected chi connectivity index (χ3v) is 5.57. The molecule has 27 heavy (non-hydrogen) atoms. The molecule has 4 rings (SSSR count). The summed E-state index contributed by atoms with van der Waals surface area (Å²) in [5, 5.41) is 2.99. The van der Waals surface area contributed by atoms with Crippen LogP contribution in [0.3, 0.4) is 0 Å². The van der Waals surface area contributed by atoms with Crippen LogP contribution in [0.2, 0.25) is 0 Å². The Morgan fingerprint density at radius 3 is 2.67 bits per heavy atom. The molecule has 1 amide bonds. The molecule has 0 atom stereocenters. The van der Waals surface area contributed by atoms with Crippen LogP contribution in [0.25, 0.3) is 0 Å². The maximum atomic E-state index is 13.0. The van der Waals surface area contributed by atoms with E-state index in [2.05, 4.69) is 15.2 Å². The van der Waals surface area contributed by atoms with Crippen molar-refractivity contribution in [2.24, 2.45) is 5.92 Å². The molecule has 1 fully saturated rings. The van der Waals surface area contributed by atoms with E-state index in [0.717, 1.165) is 62.4 Å². The summed E-state index contributed by atoms with van der Waals surface area (Å²) in [6.45, 7) is 4.09. The van der Waals surface area contributed by atoms with Crippen LogP contribution in [0, 0.1) is 18.7 Å². The first kappa shape index (κ1) is 17.9. The van der Waals surface area contributed by atoms with Crippen LogP contribution in [-0.4, -0.2) is 29.0 Å². The topological polar surface area (TPSA) is 58.1 Å². The number of carbonyl (C=O) groups excluding carboxylic acids is 1. The summed E-state index contributed by atoms with van der Waals surface area (Å²) in [6.07, 6.45) is 4.92. The molecular weight excluding hydrogens is 343 g/mol. The summed E-state index contributed by atoms with van der Waals surface area (Å²) >= 11 is 0. The molecule has 0 spiro atoms. The predicted octanol–water partition coefficient (Wildman–Crippen LogP) is 2.95. The van der Waals surface area contributed by atoms with Crippen molar-refractivity contribution >= 4 is 11.7 Å². The zero-order chi connectivity index (χ0) is 18.8. The number of piperidine rings is 1. The molecule has 5 nitrogen and oxygen atoms in total. The molecule has 1 aliphatic heterocycles. The monoisotopic (exact) mass is 368 g/mol. The average molecular weight is 368 g/mol. The molecule has 1 aliphatic carbocycles. The highest BCUT2D eigenvalue weighted by atomic mass is 19.1. The second-order valence-corrected chi connectivity index (χ2v) is 7.48. The van der Waals surface area contributed by atoms with E-state index < -0.39 is 0 Å². The molecule has 2 heterocycles. The Bertz CT molecular complexity index is 829. The number of fused-ring (bicyclic) bond motifs is 1. The fourth-order valence-electron chi connectivity index (χ4n) is 4.08. The van der Waals surface area contributed by atoms with Gasteiger partial charge in [-0.3, -0.25) is 4.79 Å². The Kier molecular flexibility index (Phi) is 5.05. The number of nitrogens with zero attached hydrogens (tertiary/aromatic N) is 3. The number of rotatable bonds is 4. The fraction of sp³-hybridized carbons (Fsp3) is 0.476. The lowest BCUT2D eigenvalue weighted by Crippen LogP contribution is -2.41. The van der Waals surface area contributed by atoms with Crippen LogP contribution in [-0.2, 0) is 24.2 Å². The Morgan fingerprint density at radius 2 is 1.93 bits per heavy atom. The highest BCUT2D eigenvalue weighted by molar-refractivity contribution is 5.79. The number of aryl methyl sites for hydroxylation is 2. The maximum absolute atomic E-state index is 13.0. The van der Waals surface area contributed by atoms with Gasteiger partial charge in [-0.15, -0.1) is 0 Å². The zero-order valence-corrected chi connectivity index (χ0v) is 15.7. The standard InChI is InChI=1S/C21H25FN4O/c1-14-24-19-4-2-3-18(19)20(25-14)26-11-9-16(10-12-26)21(27)23-13-15-5-7-17(22)8-6-15/h5-8,16H,2-4,9-13H2,1H3,(H,23,27). The second-order valence-electron chi connectivity index (χ2n) is 7.48. The number of carbonyl (C=O) groups is 1. The molecule has 6 heteroatoms. The molecule has 1 aromatic carbocycles. The molecule has 142 valence electrons. The van der Waals surface area contributed by atoms with E-state index >= 15 is 0 Å². The number of benzene rings is 1. The highest BCUT2D eigenvalue weighted by Crippen LogP contribution is 2.31. The van der Waals surface area contributed by atoms with E-state index in [1.165, 1.54) is 23.4 Å². The molecule has 0 unspecified atom stereocenters. The number of hydrogen-bond donors (Lipinski definition) is 1. The third-order valence-electron chi connectivity index (χ3n) is 5.57. The van der Waals surface area contributed by atoms with E-state index in [4.69, 9.17) is 4.98 Å². The predicted molar refractivity (Wildman–Crippen MR) is 102 cm³/mol. The van der Waals surface area contributed by atoms with E-state index in [1.54, 1.807) is 12.1 Å². The van der Waals surface area contributed by atoms with Crippen LogP contribution < -0.4 is 10.2 Å². The number of halogens is 1. The summed E-state index contributed by atoms with van der Waals surface area (Å²) in [4.78, 5) is 24.1. The van der Waals surface area contributed by atoms with Gasteiger partial charge in [0.2, 0.25) is 5.91 Å². The number of nitrogens with one attached hydrogen (secondary N) is 1. The Labute approximate surface area is 159 Å². The highest BCUT2D eigenvalue weighted by Gasteiger charge is 2.28. The quantitative estimate of drug-likeness (QED) is 0.901. The van der Waals surface area contributed by atoms with Gasteiger partial charge in [-0.1, -0.05) is 12.1 Å². The Morgan fingerprint density at radius 1 is 1.19 bits per heavy atom. The number of amides is 1. The van der Waals surface area contributed by atoms with Gasteiger partial charge >= 0.3 is 0 Å². The minimum atomic E-state index is -0.260. The fourth-order valence-corrected chi connectivity index (χ4v) is 4.08. The molecule has 2 aromatic rings. The number of hydrogen-bond acceptors (Lipinski definition) is 4. The summed E-state index contributed by atoms with van der Waals surface area (Å²) < 4.78 is 13.0. The van der Waals surface area contributed by atoms with Gasteiger partial charge in [-0.2, -0.15) is 0 Å². The smallest absolute Gasteiger partial charge is 0.223 e. The van der Waals surface area contributed by atoms with E-state index in [9.17, 15) is 9.18 Å². The first-order valence-electron chi connectivity index (χ1n) is 9.73. The molecule has 0 radical (unpaired) electrons. The summed E-state index contributed by atoms with van der Waals surface area (Å²) in [7, 11) is 0. The van der Waals surface area contributed by atoms with Crippen molar-refractivity contribution < 1.29 is 9.18 Å². The van der Waals surface area contributed by atoms with Gasteiger partial charge in [0.1, 0.15) is 17.5 Å². The Balaban J connectivity index is 1.34. The molecular formula is C21H25FN4O. The summed E-state index contributed by atoms with van der Waals surface area (Å²) in [6, 6.07) is 6.25. The largest absolute Gasteiger partial charge is 0.356 e. The normalized spacial score (nSPS) is 17.0. The summed E-state index contributed by atoms with van der Waals surface area (Å²) in [5.74, 6) is 1.77. The van der Waals surface area contributed by atoms with Crippen LogP contribution in [0.5, 0.6) is 0 Å². The van der Waals surface area contributed by atoms with E-state index in [1.807, 2.05) is 6.92 Å². The lowest BCUT2D eigenvalue weighted by atomic mass is 9.95. The zero-order valence-electron chi connectivity index (χ0n) is 15.7. The first-order valence-corrected chi connectivity index (χ1v) is 9.73. The molecule has 2 aliphatic rings. The summed E-state index contributed by atoms with van der Waals surface area (Å²) in [5.41, 5.74) is 3.42. The van der Waals surface area contributed by atoms with Crippen molar-refractivity contribution in [3.8, 4) is 0 Å². The molecule has 1 aromatic heterocycles. The van der Waals surface area contributed by atoms with Crippen LogP contribution in [0.4, 0.5) is 10.2 Å². The van der Waals surface area contributed by atoms with Crippen molar-refractivity contribution in [1.29, 1.82) is 0 Å². The van der Waals surface area contributed by atoms with Crippen molar-refractivity contribution in [2.45, 2.75) is 45.6 Å². The SMILES string of the molecule is Cc1nc2c(c(N3CCC(C(=O)NCc4ccc(F)cc4)CC3)n1)CCC2. The molecule has 0 saturated carbocycles. The van der Waals surface area contributed by atoms with Gasteiger partial charge in [-0.25, -0.2) is 14.4 Å². The van der Waals surface area contributed by atoms with E-state index in [0.29, 0.717) is 6.54 Å². The second kappa shape index (κ2) is 7.62. The minimum absolute atomic E-state index is 0.0256. The average Bonchev–Trinajstić information content (AvgIpc) is 3.15. The molecule has 0 bridgehead atoms. The molecule has 1 N–H and O–H groups in total. The number of aromatic nitrogens is 2. The van der Waals surface area contributed by atoms with E-state index in [-0.39, 0.29) is 17.6 Å². The maximum Gasteiger partial charge on any atom is 0.223 e. The van der Waals surface area contributed by atoms with Crippen LogP contribution in [0.15, 0.2) is 24.3 Å². The number of anilines is 1. The van der Waals surface area contributed by atoms with Gasteiger partial charge < -0.3 is 10.2 Å². The third kappa shape index (κ3) is 3.94. The van der Waals surface area contributed by atoms with Gasteiger partial charge in [0.15, 0.2) is 0 Å². The van der Waals surface area contributed by atoms with Gasteiger partial charge in [0, 0.05) is 36.8 Å². The van der Waals surface area contributed by atoms with Crippen molar-refractivity contribution in [3.63, 3.8) is 0 Å². The van der Waals surface area contributed by atoms with Crippen molar-refractivity contribution in [3.05, 3.63) is 52.7 Å². The minimum Gasteiger partial charge on any atom is -0.356 e.